The largest absolute Gasteiger partial charge is 0.439 e. The molecule has 20 heavy (non-hydrogen) atoms. The smallest absolute Gasteiger partial charge is 0.219 e. The van der Waals surface area contributed by atoms with E-state index in [1.807, 2.05) is 36.4 Å². The fourth-order valence-corrected chi connectivity index (χ4v) is 1.76. The lowest BCUT2D eigenvalue weighted by Gasteiger charge is -2.10. The van der Waals surface area contributed by atoms with Crippen LogP contribution in [0.15, 0.2) is 48.7 Å². The summed E-state index contributed by atoms with van der Waals surface area (Å²) in [5.74, 6) is 1.31. The fourth-order valence-electron chi connectivity index (χ4n) is 1.54. The van der Waals surface area contributed by atoms with Gasteiger partial charge in [-0.15, -0.1) is 0 Å². The monoisotopic (exact) mass is 287 g/mol. The molecule has 0 bridgehead atoms. The van der Waals surface area contributed by atoms with Crippen molar-refractivity contribution >= 4 is 23.0 Å². The normalized spacial score (nSPS) is 9.85. The second kappa shape index (κ2) is 7.45. The van der Waals surface area contributed by atoms with E-state index in [0.717, 1.165) is 24.4 Å². The highest BCUT2D eigenvalue weighted by molar-refractivity contribution is 7.80. The SMILES string of the molecule is CCCNC(=S)Nc1ccc(Oc2ccccc2)nc1. The summed E-state index contributed by atoms with van der Waals surface area (Å²) in [5.41, 5.74) is 0.832. The van der Waals surface area contributed by atoms with Gasteiger partial charge in [0.2, 0.25) is 5.88 Å². The lowest BCUT2D eigenvalue weighted by molar-refractivity contribution is 0.463. The van der Waals surface area contributed by atoms with Gasteiger partial charge in [0.05, 0.1) is 11.9 Å². The molecule has 2 rings (SSSR count). The lowest BCUT2D eigenvalue weighted by Crippen LogP contribution is -2.28. The molecule has 0 aliphatic heterocycles. The Morgan fingerprint density at radius 2 is 2.00 bits per heavy atom. The van der Waals surface area contributed by atoms with E-state index in [1.54, 1.807) is 12.3 Å². The molecule has 0 aliphatic carbocycles. The first-order chi connectivity index (χ1) is 9.78. The molecule has 0 unspecified atom stereocenters. The summed E-state index contributed by atoms with van der Waals surface area (Å²) in [6, 6.07) is 13.2. The molecule has 0 spiro atoms. The van der Waals surface area contributed by atoms with Gasteiger partial charge in [-0.05, 0) is 36.8 Å². The lowest BCUT2D eigenvalue weighted by atomic mass is 10.3. The zero-order valence-electron chi connectivity index (χ0n) is 11.3. The van der Waals surface area contributed by atoms with Crippen LogP contribution < -0.4 is 15.4 Å². The molecular formula is C15H17N3OS. The van der Waals surface area contributed by atoms with Crippen molar-refractivity contribution in [2.24, 2.45) is 0 Å². The van der Waals surface area contributed by atoms with Crippen molar-refractivity contribution in [3.63, 3.8) is 0 Å². The average molecular weight is 287 g/mol. The van der Waals surface area contributed by atoms with Crippen molar-refractivity contribution in [1.29, 1.82) is 0 Å². The highest BCUT2D eigenvalue weighted by Gasteiger charge is 2.00. The van der Waals surface area contributed by atoms with Crippen LogP contribution >= 0.6 is 12.2 Å². The molecule has 0 aliphatic rings. The minimum atomic E-state index is 0.550. The van der Waals surface area contributed by atoms with Crippen molar-refractivity contribution in [2.45, 2.75) is 13.3 Å². The van der Waals surface area contributed by atoms with Crippen molar-refractivity contribution in [2.75, 3.05) is 11.9 Å². The molecule has 5 heteroatoms. The highest BCUT2D eigenvalue weighted by Crippen LogP contribution is 2.19. The van der Waals surface area contributed by atoms with Gasteiger partial charge < -0.3 is 15.4 Å². The topological polar surface area (TPSA) is 46.2 Å². The van der Waals surface area contributed by atoms with Gasteiger partial charge in [-0.25, -0.2) is 4.98 Å². The maximum Gasteiger partial charge on any atom is 0.219 e. The van der Waals surface area contributed by atoms with E-state index in [0.29, 0.717) is 11.0 Å². The van der Waals surface area contributed by atoms with Crippen LogP contribution in [0.25, 0.3) is 0 Å². The Bertz CT molecular complexity index is 543. The third-order valence-electron chi connectivity index (χ3n) is 2.50. The first-order valence-corrected chi connectivity index (χ1v) is 6.92. The number of hydrogen-bond donors (Lipinski definition) is 2. The number of ether oxygens (including phenoxy) is 1. The number of thiocarbonyl (C=S) groups is 1. The van der Waals surface area contributed by atoms with Crippen LogP contribution in [0, 0.1) is 0 Å². The second-order valence-electron chi connectivity index (χ2n) is 4.18. The number of hydrogen-bond acceptors (Lipinski definition) is 3. The molecule has 0 atom stereocenters. The molecular weight excluding hydrogens is 270 g/mol. The van der Waals surface area contributed by atoms with Crippen LogP contribution in [-0.2, 0) is 0 Å². The van der Waals surface area contributed by atoms with Gasteiger partial charge >= 0.3 is 0 Å². The van der Waals surface area contributed by atoms with Gasteiger partial charge in [-0.2, -0.15) is 0 Å². The molecule has 104 valence electrons. The van der Waals surface area contributed by atoms with Crippen molar-refractivity contribution < 1.29 is 4.74 Å². The molecule has 1 aromatic heterocycles. The Hall–Kier alpha value is -2.14. The van der Waals surface area contributed by atoms with E-state index in [4.69, 9.17) is 17.0 Å². The standard InChI is InChI=1S/C15H17N3OS/c1-2-10-16-15(20)18-12-8-9-14(17-11-12)19-13-6-4-3-5-7-13/h3-9,11H,2,10H2,1H3,(H2,16,18,20). The van der Waals surface area contributed by atoms with Gasteiger partial charge in [0.15, 0.2) is 5.11 Å². The van der Waals surface area contributed by atoms with Gasteiger partial charge in [-0.3, -0.25) is 0 Å². The van der Waals surface area contributed by atoms with Gasteiger partial charge in [0, 0.05) is 12.6 Å². The Morgan fingerprint density at radius 3 is 2.65 bits per heavy atom. The Balaban J connectivity index is 1.91. The summed E-state index contributed by atoms with van der Waals surface area (Å²) in [4.78, 5) is 4.24. The molecule has 4 nitrogen and oxygen atoms in total. The van der Waals surface area contributed by atoms with E-state index in [2.05, 4.69) is 22.5 Å². The van der Waals surface area contributed by atoms with Crippen LogP contribution in [-0.4, -0.2) is 16.6 Å². The van der Waals surface area contributed by atoms with E-state index < -0.39 is 0 Å². The summed E-state index contributed by atoms with van der Waals surface area (Å²) in [6.45, 7) is 2.95. The molecule has 0 fully saturated rings. The van der Waals surface area contributed by atoms with Crippen LogP contribution in [0.4, 0.5) is 5.69 Å². The molecule has 1 aromatic carbocycles. The van der Waals surface area contributed by atoms with Crippen LogP contribution in [0.5, 0.6) is 11.6 Å². The van der Waals surface area contributed by atoms with Gasteiger partial charge in [0.25, 0.3) is 0 Å². The molecule has 1 heterocycles. The fraction of sp³-hybridized carbons (Fsp3) is 0.200. The van der Waals surface area contributed by atoms with E-state index in [-0.39, 0.29) is 0 Å². The zero-order chi connectivity index (χ0) is 14.2. The maximum atomic E-state index is 5.62. The average Bonchev–Trinajstić information content (AvgIpc) is 2.48. The number of benzene rings is 1. The predicted molar refractivity (Wildman–Crippen MR) is 85.3 cm³/mol. The second-order valence-corrected chi connectivity index (χ2v) is 4.59. The number of aromatic nitrogens is 1. The van der Waals surface area contributed by atoms with Gasteiger partial charge in [-0.1, -0.05) is 25.1 Å². The number of rotatable bonds is 5. The third kappa shape index (κ3) is 4.51. The predicted octanol–water partition coefficient (Wildman–Crippen LogP) is 3.57. The van der Waals surface area contributed by atoms with Crippen LogP contribution in [0.2, 0.25) is 0 Å². The summed E-state index contributed by atoms with van der Waals surface area (Å²) < 4.78 is 5.62. The molecule has 0 amide bonds. The van der Waals surface area contributed by atoms with Gasteiger partial charge in [0.1, 0.15) is 5.75 Å². The minimum absolute atomic E-state index is 0.550. The number of pyridine rings is 1. The zero-order valence-corrected chi connectivity index (χ0v) is 12.1. The first kappa shape index (κ1) is 14.3. The summed E-state index contributed by atoms with van der Waals surface area (Å²) in [5, 5.41) is 6.77. The van der Waals surface area contributed by atoms with Crippen molar-refractivity contribution in [1.82, 2.24) is 10.3 Å². The summed E-state index contributed by atoms with van der Waals surface area (Å²) >= 11 is 5.16. The quantitative estimate of drug-likeness (QED) is 0.823. The maximum absolute atomic E-state index is 5.62. The number of nitrogens with one attached hydrogen (secondary N) is 2. The number of anilines is 1. The van der Waals surface area contributed by atoms with E-state index >= 15 is 0 Å². The Morgan fingerprint density at radius 1 is 1.20 bits per heavy atom. The number of para-hydroxylation sites is 1. The minimum Gasteiger partial charge on any atom is -0.439 e. The molecule has 2 aromatic rings. The Labute approximate surface area is 124 Å². The van der Waals surface area contributed by atoms with Crippen LogP contribution in [0.1, 0.15) is 13.3 Å². The molecule has 0 saturated heterocycles. The van der Waals surface area contributed by atoms with Crippen LogP contribution in [0.3, 0.4) is 0 Å². The summed E-state index contributed by atoms with van der Waals surface area (Å²) in [6.07, 6.45) is 2.72. The highest BCUT2D eigenvalue weighted by atomic mass is 32.1. The summed E-state index contributed by atoms with van der Waals surface area (Å²) in [7, 11) is 0. The van der Waals surface area contributed by atoms with Crippen molar-refractivity contribution in [3.05, 3.63) is 48.7 Å². The first-order valence-electron chi connectivity index (χ1n) is 6.51. The third-order valence-corrected chi connectivity index (χ3v) is 2.74. The Kier molecular flexibility index (Phi) is 5.32. The molecule has 0 saturated carbocycles. The number of nitrogens with zero attached hydrogens (tertiary/aromatic N) is 1. The molecule has 0 radical (unpaired) electrons. The molecule has 2 N–H and O–H groups in total. The van der Waals surface area contributed by atoms with E-state index in [1.165, 1.54) is 0 Å². The van der Waals surface area contributed by atoms with Crippen molar-refractivity contribution in [3.8, 4) is 11.6 Å². The van der Waals surface area contributed by atoms with E-state index in [9.17, 15) is 0 Å².